The summed E-state index contributed by atoms with van der Waals surface area (Å²) in [7, 11) is 0. The van der Waals surface area contributed by atoms with E-state index in [4.69, 9.17) is 17.2 Å². The van der Waals surface area contributed by atoms with Crippen LogP contribution in [0.15, 0.2) is 36.5 Å². The highest BCUT2D eigenvalue weighted by atomic mass is 16.2. The van der Waals surface area contributed by atoms with Crippen LogP contribution in [0.4, 0.5) is 11.5 Å². The highest BCUT2D eigenvalue weighted by Gasteiger charge is 2.41. The van der Waals surface area contributed by atoms with E-state index in [0.29, 0.717) is 22.4 Å². The molecule has 2 aromatic rings. The summed E-state index contributed by atoms with van der Waals surface area (Å²) in [5, 5.41) is 6.64. The molecule has 2 atom stereocenters. The van der Waals surface area contributed by atoms with Crippen molar-refractivity contribution < 1.29 is 14.4 Å². The fraction of sp³-hybridized carbons (Fsp3) is 0.481. The molecule has 1 aliphatic carbocycles. The Morgan fingerprint density at radius 1 is 0.838 bits per heavy atom. The monoisotopic (exact) mass is 505 g/mol. The maximum atomic E-state index is 13.2. The summed E-state index contributed by atoms with van der Waals surface area (Å²) in [4.78, 5) is 43.4. The summed E-state index contributed by atoms with van der Waals surface area (Å²) in [6, 6.07) is 9.56. The van der Waals surface area contributed by atoms with Gasteiger partial charge in [-0.25, -0.2) is 4.98 Å². The lowest BCUT2D eigenvalue weighted by Crippen LogP contribution is -2.50. The number of primary amides is 2. The normalized spacial score (nSPS) is 26.9. The third-order valence-corrected chi connectivity index (χ3v) is 8.04. The van der Waals surface area contributed by atoms with Gasteiger partial charge in [-0.1, -0.05) is 0 Å². The van der Waals surface area contributed by atoms with Crippen molar-refractivity contribution in [2.24, 2.45) is 17.2 Å². The first-order chi connectivity index (χ1) is 17.8. The molecule has 0 radical (unpaired) electrons. The number of hydrogen-bond donors (Lipinski definition) is 5. The molecule has 3 amide bonds. The Balaban J connectivity index is 1.25. The van der Waals surface area contributed by atoms with Crippen molar-refractivity contribution in [2.45, 2.75) is 81.6 Å². The van der Waals surface area contributed by atoms with Crippen LogP contribution in [0, 0.1) is 0 Å². The number of nitrogens with one attached hydrogen (secondary N) is 2. The molecule has 10 heteroatoms. The topological polar surface area (TPSA) is 169 Å². The molecule has 2 unspecified atom stereocenters. The van der Waals surface area contributed by atoms with Gasteiger partial charge in [-0.15, -0.1) is 0 Å². The number of nitrogens with zero attached hydrogens (tertiary/aromatic N) is 2. The van der Waals surface area contributed by atoms with Gasteiger partial charge in [0.15, 0.2) is 0 Å². The largest absolute Gasteiger partial charge is 0.382 e. The van der Waals surface area contributed by atoms with Crippen LogP contribution >= 0.6 is 0 Å². The summed E-state index contributed by atoms with van der Waals surface area (Å²) >= 11 is 0. The van der Waals surface area contributed by atoms with Gasteiger partial charge in [-0.05, 0) is 81.7 Å². The molecule has 2 saturated heterocycles. The van der Waals surface area contributed by atoms with Gasteiger partial charge in [0.25, 0.3) is 11.8 Å². The number of anilines is 2. The number of rotatable bonds is 7. The third-order valence-electron chi connectivity index (χ3n) is 8.04. The molecule has 2 aliphatic heterocycles. The van der Waals surface area contributed by atoms with Gasteiger partial charge in [0, 0.05) is 47.7 Å². The first kappa shape index (κ1) is 25.0. The zero-order chi connectivity index (χ0) is 26.1. The molecule has 2 bridgehead atoms. The average molecular weight is 506 g/mol. The molecule has 5 rings (SSSR count). The zero-order valence-corrected chi connectivity index (χ0v) is 20.9. The van der Waals surface area contributed by atoms with E-state index < -0.39 is 11.8 Å². The second-order valence-electron chi connectivity index (χ2n) is 10.6. The first-order valence-electron chi connectivity index (χ1n) is 13.1. The molecule has 8 N–H and O–H groups in total. The predicted octanol–water partition coefficient (Wildman–Crippen LogP) is 1.89. The lowest BCUT2D eigenvalue weighted by atomic mass is 9.91. The van der Waals surface area contributed by atoms with E-state index in [1.54, 1.807) is 24.3 Å². The van der Waals surface area contributed by atoms with Crippen molar-refractivity contribution in [3.8, 4) is 0 Å². The van der Waals surface area contributed by atoms with E-state index in [1.807, 2.05) is 6.07 Å². The Labute approximate surface area is 216 Å². The first-order valence-corrected chi connectivity index (χ1v) is 13.1. The van der Waals surface area contributed by atoms with Crippen LogP contribution in [0.5, 0.6) is 0 Å². The third kappa shape index (κ3) is 5.39. The van der Waals surface area contributed by atoms with Crippen LogP contribution in [-0.4, -0.2) is 52.9 Å². The molecule has 3 aliphatic rings. The Hall–Kier alpha value is -3.66. The lowest BCUT2D eigenvalue weighted by molar-refractivity contribution is 0.0924. The van der Waals surface area contributed by atoms with Crippen LogP contribution < -0.4 is 32.7 Å². The molecule has 1 aromatic heterocycles. The number of fused-ring (bicyclic) bond motifs is 2. The van der Waals surface area contributed by atoms with Gasteiger partial charge in [-0.2, -0.15) is 0 Å². The number of amides is 3. The van der Waals surface area contributed by atoms with Crippen LogP contribution in [0.25, 0.3) is 0 Å². The number of carbonyl (C=O) groups excluding carboxylic acids is 3. The van der Waals surface area contributed by atoms with Crippen LogP contribution in [0.2, 0.25) is 0 Å². The summed E-state index contributed by atoms with van der Waals surface area (Å²) in [5.41, 5.74) is 18.8. The number of aromatic nitrogens is 1. The predicted molar refractivity (Wildman–Crippen MR) is 141 cm³/mol. The highest BCUT2D eigenvalue weighted by Crippen LogP contribution is 2.38. The SMILES string of the molecule is NC(=O)c1ccc(N2C3CCC2CC(NC(=O)c2ccc(C(N)=O)c(NC4CCC(N)CC4)c2)C3)nc1. The molecule has 3 heterocycles. The van der Waals surface area contributed by atoms with Crippen molar-refractivity contribution in [3.05, 3.63) is 53.2 Å². The Bertz CT molecular complexity index is 1160. The molecule has 3 fully saturated rings. The summed E-state index contributed by atoms with van der Waals surface area (Å²) in [6.45, 7) is 0. The van der Waals surface area contributed by atoms with Crippen molar-refractivity contribution in [1.82, 2.24) is 10.3 Å². The Kier molecular flexibility index (Phi) is 7.01. The van der Waals surface area contributed by atoms with E-state index in [9.17, 15) is 14.4 Å². The van der Waals surface area contributed by atoms with E-state index in [-0.39, 0.29) is 36.1 Å². The maximum Gasteiger partial charge on any atom is 0.251 e. The Morgan fingerprint density at radius 2 is 1.51 bits per heavy atom. The maximum absolute atomic E-state index is 13.2. The number of pyridine rings is 1. The minimum atomic E-state index is -0.525. The molecule has 1 saturated carbocycles. The number of hydrogen-bond acceptors (Lipinski definition) is 7. The van der Waals surface area contributed by atoms with Crippen molar-refractivity contribution in [2.75, 3.05) is 10.2 Å². The van der Waals surface area contributed by atoms with Gasteiger partial charge in [0.1, 0.15) is 5.82 Å². The van der Waals surface area contributed by atoms with Crippen molar-refractivity contribution >= 4 is 29.2 Å². The average Bonchev–Trinajstić information content (AvgIpc) is 3.15. The standard InChI is InChI=1S/C27H35N7O3/c28-17-3-5-18(6-4-17)32-23-11-15(1-9-22(23)26(30)36)27(37)33-19-12-20-7-8-21(13-19)34(20)24-10-2-16(14-31-24)25(29)35/h1-2,9-11,14,17-21,32H,3-8,12-13,28H2,(H2,29,35)(H2,30,36)(H,33,37). The number of carbonyl (C=O) groups is 3. The van der Waals surface area contributed by atoms with Gasteiger partial charge in [-0.3, -0.25) is 14.4 Å². The highest BCUT2D eigenvalue weighted by molar-refractivity contribution is 6.02. The van der Waals surface area contributed by atoms with Crippen LogP contribution in [0.1, 0.15) is 82.4 Å². The molecule has 0 spiro atoms. The van der Waals surface area contributed by atoms with Gasteiger partial charge >= 0.3 is 0 Å². The van der Waals surface area contributed by atoms with Crippen LogP contribution in [-0.2, 0) is 0 Å². The van der Waals surface area contributed by atoms with E-state index >= 15 is 0 Å². The zero-order valence-electron chi connectivity index (χ0n) is 20.9. The lowest BCUT2D eigenvalue weighted by Gasteiger charge is -2.40. The molecule has 37 heavy (non-hydrogen) atoms. The van der Waals surface area contributed by atoms with Crippen LogP contribution in [0.3, 0.4) is 0 Å². The minimum Gasteiger partial charge on any atom is -0.382 e. The molecule has 1 aromatic carbocycles. The van der Waals surface area contributed by atoms with Crippen molar-refractivity contribution in [1.29, 1.82) is 0 Å². The van der Waals surface area contributed by atoms with Gasteiger partial charge in [0.2, 0.25) is 5.91 Å². The number of piperidine rings is 1. The second kappa shape index (κ2) is 10.4. The second-order valence-corrected chi connectivity index (χ2v) is 10.6. The molecular weight excluding hydrogens is 470 g/mol. The molecular formula is C27H35N7O3. The van der Waals surface area contributed by atoms with Crippen molar-refractivity contribution in [3.63, 3.8) is 0 Å². The molecule has 10 nitrogen and oxygen atoms in total. The van der Waals surface area contributed by atoms with Gasteiger partial charge < -0.3 is 32.7 Å². The summed E-state index contributed by atoms with van der Waals surface area (Å²) in [6.07, 6.45) is 8.89. The number of benzene rings is 1. The summed E-state index contributed by atoms with van der Waals surface area (Å²) < 4.78 is 0. The smallest absolute Gasteiger partial charge is 0.251 e. The van der Waals surface area contributed by atoms with Gasteiger partial charge in [0.05, 0.1) is 11.1 Å². The summed E-state index contributed by atoms with van der Waals surface area (Å²) in [5.74, 6) is -0.341. The fourth-order valence-corrected chi connectivity index (χ4v) is 6.13. The number of nitrogens with two attached hydrogens (primary N) is 3. The Morgan fingerprint density at radius 3 is 2.11 bits per heavy atom. The molecule has 196 valence electrons. The van der Waals surface area contributed by atoms with E-state index in [1.165, 1.54) is 6.20 Å². The van der Waals surface area contributed by atoms with E-state index in [0.717, 1.165) is 57.2 Å². The fourth-order valence-electron chi connectivity index (χ4n) is 6.13. The van der Waals surface area contributed by atoms with E-state index in [2.05, 4.69) is 20.5 Å². The quantitative estimate of drug-likeness (QED) is 0.382. The minimum absolute atomic E-state index is 0.0400.